The van der Waals surface area contributed by atoms with E-state index >= 15 is 0 Å². The summed E-state index contributed by atoms with van der Waals surface area (Å²) in [5.74, 6) is -0.148. The molecule has 0 atom stereocenters. The highest BCUT2D eigenvalue weighted by Crippen LogP contribution is 2.17. The second-order valence-electron chi connectivity index (χ2n) is 4.73. The van der Waals surface area contributed by atoms with Crippen molar-refractivity contribution >= 4 is 23.2 Å². The molecular formula is C16H17ClN2O. The summed E-state index contributed by atoms with van der Waals surface area (Å²) < 4.78 is 0. The van der Waals surface area contributed by atoms with Gasteiger partial charge in [-0.25, -0.2) is 0 Å². The number of amides is 1. The van der Waals surface area contributed by atoms with E-state index in [1.54, 1.807) is 12.1 Å². The van der Waals surface area contributed by atoms with Crippen molar-refractivity contribution in [2.75, 3.05) is 12.3 Å². The van der Waals surface area contributed by atoms with Crippen LogP contribution in [0.5, 0.6) is 0 Å². The van der Waals surface area contributed by atoms with Gasteiger partial charge in [-0.05, 0) is 48.7 Å². The molecule has 0 saturated carbocycles. The molecule has 0 aromatic heterocycles. The van der Waals surface area contributed by atoms with Gasteiger partial charge in [0.25, 0.3) is 5.91 Å². The highest BCUT2D eigenvalue weighted by Gasteiger charge is 2.09. The zero-order valence-corrected chi connectivity index (χ0v) is 12.1. The average Bonchev–Trinajstić information content (AvgIpc) is 2.41. The van der Waals surface area contributed by atoms with E-state index in [1.807, 2.05) is 37.3 Å². The second-order valence-corrected chi connectivity index (χ2v) is 5.14. The van der Waals surface area contributed by atoms with Crippen molar-refractivity contribution in [3.63, 3.8) is 0 Å². The first-order valence-corrected chi connectivity index (χ1v) is 6.83. The predicted octanol–water partition coefficient (Wildman–Crippen LogP) is 3.20. The maximum atomic E-state index is 12.0. The first-order valence-electron chi connectivity index (χ1n) is 6.45. The van der Waals surface area contributed by atoms with E-state index in [2.05, 4.69) is 5.32 Å². The molecule has 0 aliphatic carbocycles. The number of benzene rings is 2. The number of nitrogens with one attached hydrogen (secondary N) is 1. The molecule has 3 nitrogen and oxygen atoms in total. The molecule has 0 spiro atoms. The van der Waals surface area contributed by atoms with E-state index in [1.165, 1.54) is 0 Å². The molecule has 0 saturated heterocycles. The monoisotopic (exact) mass is 288 g/mol. The van der Waals surface area contributed by atoms with Gasteiger partial charge in [0.2, 0.25) is 0 Å². The number of hydrogen-bond donors (Lipinski definition) is 2. The third-order valence-corrected chi connectivity index (χ3v) is 3.36. The van der Waals surface area contributed by atoms with E-state index in [9.17, 15) is 4.79 Å². The Morgan fingerprint density at radius 2 is 1.90 bits per heavy atom. The molecule has 2 aromatic rings. The Kier molecular flexibility index (Phi) is 4.64. The lowest BCUT2D eigenvalue weighted by Gasteiger charge is -2.07. The molecule has 0 aliphatic heterocycles. The molecule has 2 aromatic carbocycles. The summed E-state index contributed by atoms with van der Waals surface area (Å²) in [7, 11) is 0. The first kappa shape index (κ1) is 14.4. The molecule has 0 bridgehead atoms. The van der Waals surface area contributed by atoms with Crippen LogP contribution in [-0.4, -0.2) is 12.5 Å². The molecule has 0 radical (unpaired) electrons. The van der Waals surface area contributed by atoms with E-state index in [0.29, 0.717) is 17.1 Å². The molecule has 1 amide bonds. The van der Waals surface area contributed by atoms with E-state index in [0.717, 1.165) is 23.2 Å². The summed E-state index contributed by atoms with van der Waals surface area (Å²) in [5, 5.41) is 3.35. The zero-order valence-electron chi connectivity index (χ0n) is 11.3. The fourth-order valence-corrected chi connectivity index (χ4v) is 2.23. The van der Waals surface area contributed by atoms with Crippen molar-refractivity contribution in [1.82, 2.24) is 5.32 Å². The Labute approximate surface area is 123 Å². The number of anilines is 1. The third-order valence-electron chi connectivity index (χ3n) is 3.05. The van der Waals surface area contributed by atoms with Crippen LogP contribution >= 0.6 is 11.6 Å². The third kappa shape index (κ3) is 3.75. The number of halogens is 1. The van der Waals surface area contributed by atoms with Gasteiger partial charge in [-0.15, -0.1) is 0 Å². The Morgan fingerprint density at radius 1 is 1.20 bits per heavy atom. The molecular weight excluding hydrogens is 272 g/mol. The van der Waals surface area contributed by atoms with Crippen LogP contribution in [0.25, 0.3) is 0 Å². The molecule has 2 rings (SSSR count). The van der Waals surface area contributed by atoms with Crippen LogP contribution in [0.4, 0.5) is 5.69 Å². The lowest BCUT2D eigenvalue weighted by Crippen LogP contribution is -2.26. The number of aryl methyl sites for hydroxylation is 1. The largest absolute Gasteiger partial charge is 0.399 e. The number of carbonyl (C=O) groups excluding carboxylic acids is 1. The molecule has 4 heteroatoms. The number of nitrogen functional groups attached to an aromatic ring is 1. The molecule has 0 fully saturated rings. The Balaban J connectivity index is 1.90. The number of hydrogen-bond acceptors (Lipinski definition) is 2. The van der Waals surface area contributed by atoms with Gasteiger partial charge in [0.1, 0.15) is 0 Å². The van der Waals surface area contributed by atoms with Gasteiger partial charge in [-0.1, -0.05) is 29.8 Å². The lowest BCUT2D eigenvalue weighted by molar-refractivity contribution is 0.0954. The average molecular weight is 289 g/mol. The highest BCUT2D eigenvalue weighted by molar-refractivity contribution is 6.33. The Morgan fingerprint density at radius 3 is 2.55 bits per heavy atom. The Hall–Kier alpha value is -2.00. The van der Waals surface area contributed by atoms with Gasteiger partial charge in [0.15, 0.2) is 0 Å². The van der Waals surface area contributed by atoms with Gasteiger partial charge in [-0.3, -0.25) is 4.79 Å². The first-order chi connectivity index (χ1) is 9.56. The van der Waals surface area contributed by atoms with Crippen LogP contribution in [0.2, 0.25) is 5.02 Å². The molecule has 0 aliphatic rings. The maximum Gasteiger partial charge on any atom is 0.252 e. The molecule has 104 valence electrons. The SMILES string of the molecule is Cc1ccc(C(=O)NCCc2ccc(N)cc2)c(Cl)c1. The molecule has 0 unspecified atom stereocenters. The summed E-state index contributed by atoms with van der Waals surface area (Å²) in [6.45, 7) is 2.50. The summed E-state index contributed by atoms with van der Waals surface area (Å²) in [6.07, 6.45) is 0.759. The van der Waals surface area contributed by atoms with Gasteiger partial charge < -0.3 is 11.1 Å². The maximum absolute atomic E-state index is 12.0. The van der Waals surface area contributed by atoms with Crippen molar-refractivity contribution in [3.8, 4) is 0 Å². The predicted molar refractivity (Wildman–Crippen MR) is 83.1 cm³/mol. The smallest absolute Gasteiger partial charge is 0.252 e. The zero-order chi connectivity index (χ0) is 14.5. The van der Waals surface area contributed by atoms with E-state index < -0.39 is 0 Å². The van der Waals surface area contributed by atoms with Crippen LogP contribution < -0.4 is 11.1 Å². The quantitative estimate of drug-likeness (QED) is 0.849. The van der Waals surface area contributed by atoms with Crippen LogP contribution in [0.15, 0.2) is 42.5 Å². The standard InChI is InChI=1S/C16H17ClN2O/c1-11-2-7-14(15(17)10-11)16(20)19-9-8-12-3-5-13(18)6-4-12/h2-7,10H,8-9,18H2,1H3,(H,19,20). The number of rotatable bonds is 4. The van der Waals surface area contributed by atoms with Crippen molar-refractivity contribution in [2.24, 2.45) is 0 Å². The van der Waals surface area contributed by atoms with Crippen molar-refractivity contribution in [3.05, 3.63) is 64.2 Å². The van der Waals surface area contributed by atoms with Crippen LogP contribution in [0, 0.1) is 6.92 Å². The minimum atomic E-state index is -0.148. The van der Waals surface area contributed by atoms with Gasteiger partial charge in [0.05, 0.1) is 10.6 Å². The van der Waals surface area contributed by atoms with Crippen LogP contribution in [0.1, 0.15) is 21.5 Å². The molecule has 0 heterocycles. The topological polar surface area (TPSA) is 55.1 Å². The van der Waals surface area contributed by atoms with Crippen molar-refractivity contribution in [1.29, 1.82) is 0 Å². The fourth-order valence-electron chi connectivity index (χ4n) is 1.90. The summed E-state index contributed by atoms with van der Waals surface area (Å²) in [4.78, 5) is 12.0. The van der Waals surface area contributed by atoms with Gasteiger partial charge >= 0.3 is 0 Å². The summed E-state index contributed by atoms with van der Waals surface area (Å²) in [6, 6.07) is 13.0. The Bertz CT molecular complexity index is 608. The van der Waals surface area contributed by atoms with Crippen molar-refractivity contribution in [2.45, 2.75) is 13.3 Å². The van der Waals surface area contributed by atoms with Crippen LogP contribution in [-0.2, 0) is 6.42 Å². The van der Waals surface area contributed by atoms with E-state index in [4.69, 9.17) is 17.3 Å². The molecule has 3 N–H and O–H groups in total. The fraction of sp³-hybridized carbons (Fsp3) is 0.188. The summed E-state index contributed by atoms with van der Waals surface area (Å²) in [5.41, 5.74) is 9.04. The van der Waals surface area contributed by atoms with Crippen molar-refractivity contribution < 1.29 is 4.79 Å². The minimum Gasteiger partial charge on any atom is -0.399 e. The van der Waals surface area contributed by atoms with Gasteiger partial charge in [0, 0.05) is 12.2 Å². The van der Waals surface area contributed by atoms with E-state index in [-0.39, 0.29) is 5.91 Å². The number of nitrogens with two attached hydrogens (primary N) is 1. The minimum absolute atomic E-state index is 0.148. The molecule has 20 heavy (non-hydrogen) atoms. The highest BCUT2D eigenvalue weighted by atomic mass is 35.5. The van der Waals surface area contributed by atoms with Crippen LogP contribution in [0.3, 0.4) is 0 Å². The number of carbonyl (C=O) groups is 1. The summed E-state index contributed by atoms with van der Waals surface area (Å²) >= 11 is 6.06. The van der Waals surface area contributed by atoms with Gasteiger partial charge in [-0.2, -0.15) is 0 Å². The normalized spacial score (nSPS) is 10.3. The lowest BCUT2D eigenvalue weighted by atomic mass is 10.1. The second kappa shape index (κ2) is 6.44.